The van der Waals surface area contributed by atoms with Crippen molar-refractivity contribution in [1.29, 1.82) is 0 Å². The molecule has 1 saturated heterocycles. The van der Waals surface area contributed by atoms with E-state index in [1.165, 1.54) is 4.88 Å². The molecular formula is C12H21Cl2N3OS. The highest BCUT2D eigenvalue weighted by Gasteiger charge is 2.25. The van der Waals surface area contributed by atoms with Gasteiger partial charge in [0.05, 0.1) is 12.5 Å². The molecule has 2 rings (SSSR count). The fourth-order valence-electron chi connectivity index (χ4n) is 2.04. The maximum atomic E-state index is 12.1. The molecule has 4 nitrogen and oxygen atoms in total. The number of nitrogens with zero attached hydrogens (tertiary/aromatic N) is 2. The van der Waals surface area contributed by atoms with Crippen LogP contribution in [0.25, 0.3) is 0 Å². The second-order valence-corrected chi connectivity index (χ2v) is 5.66. The quantitative estimate of drug-likeness (QED) is 0.922. The largest absolute Gasteiger partial charge is 0.339 e. The zero-order valence-electron chi connectivity index (χ0n) is 11.2. The van der Waals surface area contributed by atoms with Gasteiger partial charge in [0.2, 0.25) is 5.91 Å². The lowest BCUT2D eigenvalue weighted by atomic mass is 10.1. The number of halogens is 2. The van der Waals surface area contributed by atoms with Gasteiger partial charge in [-0.3, -0.25) is 4.79 Å². The highest BCUT2D eigenvalue weighted by molar-refractivity contribution is 7.11. The second kappa shape index (κ2) is 8.74. The molecule has 1 aliphatic rings. The molecule has 0 aromatic carbocycles. The summed E-state index contributed by atoms with van der Waals surface area (Å²) < 4.78 is 0. The van der Waals surface area contributed by atoms with Gasteiger partial charge < -0.3 is 10.2 Å². The van der Waals surface area contributed by atoms with Crippen molar-refractivity contribution < 1.29 is 4.79 Å². The fourth-order valence-corrected chi connectivity index (χ4v) is 2.96. The zero-order chi connectivity index (χ0) is 12.3. The van der Waals surface area contributed by atoms with Crippen molar-refractivity contribution in [3.63, 3.8) is 0 Å². The number of rotatable bonds is 4. The number of carbonyl (C=O) groups excluding carboxylic acids is 1. The maximum absolute atomic E-state index is 12.1. The Bertz CT molecular complexity index is 394. The summed E-state index contributed by atoms with van der Waals surface area (Å²) in [5.74, 6) is 0.397. The van der Waals surface area contributed by atoms with Crippen molar-refractivity contribution in [2.45, 2.75) is 26.3 Å². The number of aryl methyl sites for hydroxylation is 1. The minimum Gasteiger partial charge on any atom is -0.339 e. The van der Waals surface area contributed by atoms with Gasteiger partial charge in [-0.25, -0.2) is 4.98 Å². The Kier molecular flexibility index (Phi) is 8.57. The molecule has 1 unspecified atom stereocenters. The molecular weight excluding hydrogens is 305 g/mol. The van der Waals surface area contributed by atoms with Crippen LogP contribution in [0.3, 0.4) is 0 Å². The van der Waals surface area contributed by atoms with Crippen LogP contribution in [0.15, 0.2) is 6.20 Å². The lowest BCUT2D eigenvalue weighted by molar-refractivity contribution is -0.134. The molecule has 2 heterocycles. The number of hydrogen-bond acceptors (Lipinski definition) is 4. The van der Waals surface area contributed by atoms with Gasteiger partial charge in [0, 0.05) is 24.7 Å². The summed E-state index contributed by atoms with van der Waals surface area (Å²) in [7, 11) is 1.87. The van der Waals surface area contributed by atoms with Gasteiger partial charge >= 0.3 is 0 Å². The van der Waals surface area contributed by atoms with Crippen LogP contribution in [0.2, 0.25) is 0 Å². The van der Waals surface area contributed by atoms with Gasteiger partial charge in [-0.15, -0.1) is 36.2 Å². The Balaban J connectivity index is 0.00000162. The van der Waals surface area contributed by atoms with Crippen LogP contribution in [0, 0.1) is 5.92 Å². The molecule has 7 heteroatoms. The van der Waals surface area contributed by atoms with Gasteiger partial charge in [0.1, 0.15) is 5.01 Å². The Hall–Kier alpha value is -0.360. The number of thiazole rings is 1. The van der Waals surface area contributed by atoms with Gasteiger partial charge in [-0.1, -0.05) is 6.92 Å². The third-order valence-electron chi connectivity index (χ3n) is 3.11. The molecule has 110 valence electrons. The van der Waals surface area contributed by atoms with Gasteiger partial charge in [-0.2, -0.15) is 0 Å². The minimum atomic E-state index is 0. The molecule has 1 N–H and O–H groups in total. The van der Waals surface area contributed by atoms with E-state index in [1.54, 1.807) is 16.2 Å². The normalized spacial score (nSPS) is 17.5. The standard InChI is InChI=1S/C12H19N3OS.2ClH/c1-3-10-7-14-11(17-10)8-15(2)12(16)9-4-5-13-6-9;;/h7,9,13H,3-6,8H2,1-2H3;2*1H. The highest BCUT2D eigenvalue weighted by atomic mass is 35.5. The average Bonchev–Trinajstić information content (AvgIpc) is 2.98. The molecule has 0 spiro atoms. The smallest absolute Gasteiger partial charge is 0.227 e. The molecule has 19 heavy (non-hydrogen) atoms. The summed E-state index contributed by atoms with van der Waals surface area (Å²) in [5, 5.41) is 4.26. The van der Waals surface area contributed by atoms with Crippen molar-refractivity contribution in [2.75, 3.05) is 20.1 Å². The number of hydrogen-bond donors (Lipinski definition) is 1. The van der Waals surface area contributed by atoms with E-state index in [4.69, 9.17) is 0 Å². The molecule has 1 atom stereocenters. The molecule has 0 bridgehead atoms. The highest BCUT2D eigenvalue weighted by Crippen LogP contribution is 2.17. The van der Waals surface area contributed by atoms with Gasteiger partial charge in [0.15, 0.2) is 0 Å². The van der Waals surface area contributed by atoms with E-state index in [0.29, 0.717) is 6.54 Å². The van der Waals surface area contributed by atoms with Gasteiger partial charge in [-0.05, 0) is 19.4 Å². The molecule has 1 amide bonds. The Labute approximate surface area is 130 Å². The molecule has 1 aliphatic heterocycles. The van der Waals surface area contributed by atoms with Crippen LogP contribution in [0.1, 0.15) is 23.2 Å². The maximum Gasteiger partial charge on any atom is 0.227 e. The summed E-state index contributed by atoms with van der Waals surface area (Å²) >= 11 is 1.70. The molecule has 0 radical (unpaired) electrons. The summed E-state index contributed by atoms with van der Waals surface area (Å²) in [5.41, 5.74) is 0. The molecule has 1 aromatic heterocycles. The van der Waals surface area contributed by atoms with Crippen LogP contribution in [0.5, 0.6) is 0 Å². The first-order valence-corrected chi connectivity index (χ1v) is 6.91. The number of aromatic nitrogens is 1. The third-order valence-corrected chi connectivity index (χ3v) is 4.23. The Morgan fingerprint density at radius 1 is 1.58 bits per heavy atom. The second-order valence-electron chi connectivity index (χ2n) is 4.46. The molecule has 1 fully saturated rings. The van der Waals surface area contributed by atoms with Crippen molar-refractivity contribution in [3.05, 3.63) is 16.1 Å². The summed E-state index contributed by atoms with van der Waals surface area (Å²) in [4.78, 5) is 19.5. The number of carbonyl (C=O) groups is 1. The Morgan fingerprint density at radius 3 is 2.84 bits per heavy atom. The molecule has 0 saturated carbocycles. The fraction of sp³-hybridized carbons (Fsp3) is 0.667. The van der Waals surface area contributed by atoms with Crippen molar-refractivity contribution >= 4 is 42.1 Å². The van der Waals surface area contributed by atoms with Crippen LogP contribution in [-0.4, -0.2) is 35.9 Å². The van der Waals surface area contributed by atoms with E-state index in [9.17, 15) is 4.79 Å². The number of nitrogens with one attached hydrogen (secondary N) is 1. The van der Waals surface area contributed by atoms with Crippen LogP contribution >= 0.6 is 36.2 Å². The lowest BCUT2D eigenvalue weighted by Crippen LogP contribution is -2.33. The lowest BCUT2D eigenvalue weighted by Gasteiger charge is -2.19. The van der Waals surface area contributed by atoms with E-state index >= 15 is 0 Å². The van der Waals surface area contributed by atoms with Crippen LogP contribution in [0.4, 0.5) is 0 Å². The topological polar surface area (TPSA) is 45.2 Å². The minimum absolute atomic E-state index is 0. The number of amides is 1. The van der Waals surface area contributed by atoms with E-state index in [-0.39, 0.29) is 36.6 Å². The monoisotopic (exact) mass is 325 g/mol. The zero-order valence-corrected chi connectivity index (χ0v) is 13.7. The van der Waals surface area contributed by atoms with E-state index in [0.717, 1.165) is 30.9 Å². The van der Waals surface area contributed by atoms with E-state index < -0.39 is 0 Å². The third kappa shape index (κ3) is 4.91. The van der Waals surface area contributed by atoms with Gasteiger partial charge in [0.25, 0.3) is 0 Å². The van der Waals surface area contributed by atoms with Crippen molar-refractivity contribution in [1.82, 2.24) is 15.2 Å². The SMILES string of the molecule is CCc1cnc(CN(C)C(=O)C2CCNC2)s1.Cl.Cl. The van der Waals surface area contributed by atoms with Crippen LogP contribution in [-0.2, 0) is 17.8 Å². The van der Waals surface area contributed by atoms with Crippen LogP contribution < -0.4 is 5.32 Å². The Morgan fingerprint density at radius 2 is 2.32 bits per heavy atom. The molecule has 0 aliphatic carbocycles. The first-order valence-electron chi connectivity index (χ1n) is 6.10. The first kappa shape index (κ1) is 18.6. The first-order chi connectivity index (χ1) is 8.20. The summed E-state index contributed by atoms with van der Waals surface area (Å²) in [6, 6.07) is 0. The molecule has 1 aromatic rings. The summed E-state index contributed by atoms with van der Waals surface area (Å²) in [6.45, 7) is 4.54. The van der Waals surface area contributed by atoms with E-state index in [1.807, 2.05) is 13.2 Å². The van der Waals surface area contributed by atoms with E-state index in [2.05, 4.69) is 17.2 Å². The predicted molar refractivity (Wildman–Crippen MR) is 83.4 cm³/mol. The summed E-state index contributed by atoms with van der Waals surface area (Å²) in [6.07, 6.45) is 3.89. The average molecular weight is 326 g/mol. The predicted octanol–water partition coefficient (Wildman–Crippen LogP) is 2.12. The van der Waals surface area contributed by atoms with Crippen molar-refractivity contribution in [3.8, 4) is 0 Å². The van der Waals surface area contributed by atoms with Crippen molar-refractivity contribution in [2.24, 2.45) is 5.92 Å².